The van der Waals surface area contributed by atoms with Crippen LogP contribution in [0, 0.1) is 5.92 Å². The van der Waals surface area contributed by atoms with Gasteiger partial charge in [-0.3, -0.25) is 9.59 Å². The number of carbonyl (C=O) groups excluding carboxylic acids is 1. The Balaban J connectivity index is 1.80. The molecule has 20 heavy (non-hydrogen) atoms. The Morgan fingerprint density at radius 3 is 2.65 bits per heavy atom. The van der Waals surface area contributed by atoms with E-state index in [4.69, 9.17) is 10.8 Å². The maximum Gasteiger partial charge on any atom is 0.306 e. The van der Waals surface area contributed by atoms with Crippen LogP contribution in [0.25, 0.3) is 0 Å². The fourth-order valence-electron chi connectivity index (χ4n) is 2.22. The van der Waals surface area contributed by atoms with Crippen LogP contribution in [0.4, 0.5) is 5.69 Å². The zero-order valence-corrected chi connectivity index (χ0v) is 11.9. The quantitative estimate of drug-likeness (QED) is 0.652. The number of thioether (sulfide) groups is 1. The summed E-state index contributed by atoms with van der Waals surface area (Å²) in [5, 5.41) is 8.92. The van der Waals surface area contributed by atoms with Crippen molar-refractivity contribution in [2.24, 2.45) is 5.92 Å². The number of nitrogen functional groups attached to an aromatic ring is 1. The molecule has 108 valence electrons. The van der Waals surface area contributed by atoms with Gasteiger partial charge in [0.25, 0.3) is 0 Å². The first-order chi connectivity index (χ1) is 9.56. The van der Waals surface area contributed by atoms with Crippen LogP contribution in [0.3, 0.4) is 0 Å². The van der Waals surface area contributed by atoms with Gasteiger partial charge in [-0.15, -0.1) is 11.8 Å². The molecule has 2 rings (SSSR count). The van der Waals surface area contributed by atoms with Gasteiger partial charge in [0.1, 0.15) is 0 Å². The molecule has 1 aromatic rings. The number of aliphatic carboxylic acids is 1. The van der Waals surface area contributed by atoms with Gasteiger partial charge in [-0.1, -0.05) is 6.07 Å². The molecule has 0 unspecified atom stereocenters. The number of carboxylic acid groups (broad SMARTS) is 1. The number of nitrogens with zero attached hydrogens (tertiary/aromatic N) is 1. The van der Waals surface area contributed by atoms with Crippen molar-refractivity contribution in [3.05, 3.63) is 24.3 Å². The zero-order valence-electron chi connectivity index (χ0n) is 11.1. The molecule has 3 N–H and O–H groups in total. The Kier molecular flexibility index (Phi) is 4.89. The summed E-state index contributed by atoms with van der Waals surface area (Å²) >= 11 is 1.46. The predicted octanol–water partition coefficient (Wildman–Crippen LogP) is 1.68. The van der Waals surface area contributed by atoms with Crippen molar-refractivity contribution in [3.63, 3.8) is 0 Å². The number of carboxylic acids is 1. The first-order valence-electron chi connectivity index (χ1n) is 6.55. The fourth-order valence-corrected chi connectivity index (χ4v) is 3.08. The molecule has 1 amide bonds. The van der Waals surface area contributed by atoms with Crippen LogP contribution in [0.15, 0.2) is 29.2 Å². The Hall–Kier alpha value is -1.69. The summed E-state index contributed by atoms with van der Waals surface area (Å²) < 4.78 is 0. The average Bonchev–Trinajstić information content (AvgIpc) is 2.45. The average molecular weight is 294 g/mol. The maximum absolute atomic E-state index is 12.1. The number of hydrogen-bond donors (Lipinski definition) is 2. The lowest BCUT2D eigenvalue weighted by molar-refractivity contribution is -0.145. The van der Waals surface area contributed by atoms with Gasteiger partial charge in [-0.05, 0) is 31.0 Å². The highest BCUT2D eigenvalue weighted by Crippen LogP contribution is 2.22. The van der Waals surface area contributed by atoms with E-state index in [0.29, 0.717) is 37.4 Å². The van der Waals surface area contributed by atoms with Crippen LogP contribution in [0.2, 0.25) is 0 Å². The Labute approximate surface area is 122 Å². The first-order valence-corrected chi connectivity index (χ1v) is 7.54. The molecule has 0 saturated carbocycles. The van der Waals surface area contributed by atoms with Crippen LogP contribution in [-0.4, -0.2) is 40.7 Å². The monoisotopic (exact) mass is 294 g/mol. The largest absolute Gasteiger partial charge is 0.481 e. The highest BCUT2D eigenvalue weighted by molar-refractivity contribution is 8.00. The van der Waals surface area contributed by atoms with E-state index < -0.39 is 5.97 Å². The van der Waals surface area contributed by atoms with Crippen molar-refractivity contribution in [3.8, 4) is 0 Å². The summed E-state index contributed by atoms with van der Waals surface area (Å²) in [7, 11) is 0. The van der Waals surface area contributed by atoms with E-state index in [0.717, 1.165) is 4.90 Å². The molecular formula is C14H18N2O3S. The fraction of sp³-hybridized carbons (Fsp3) is 0.429. The van der Waals surface area contributed by atoms with Gasteiger partial charge < -0.3 is 15.7 Å². The summed E-state index contributed by atoms with van der Waals surface area (Å²) in [6, 6.07) is 7.43. The lowest BCUT2D eigenvalue weighted by atomic mass is 9.97. The number of piperidine rings is 1. The summed E-state index contributed by atoms with van der Waals surface area (Å²) in [6.45, 7) is 1.07. The third-order valence-electron chi connectivity index (χ3n) is 3.42. The van der Waals surface area contributed by atoms with Crippen LogP contribution in [-0.2, 0) is 9.59 Å². The van der Waals surface area contributed by atoms with E-state index in [2.05, 4.69) is 0 Å². The van der Waals surface area contributed by atoms with Crippen LogP contribution < -0.4 is 5.73 Å². The Bertz CT molecular complexity index is 499. The highest BCUT2D eigenvalue weighted by atomic mass is 32.2. The molecule has 1 saturated heterocycles. The highest BCUT2D eigenvalue weighted by Gasteiger charge is 2.26. The van der Waals surface area contributed by atoms with Gasteiger partial charge >= 0.3 is 5.97 Å². The SMILES string of the molecule is Nc1cccc(SCC(=O)N2CCC(C(=O)O)CC2)c1. The molecule has 1 aliphatic rings. The predicted molar refractivity (Wildman–Crippen MR) is 78.5 cm³/mol. The molecule has 1 aliphatic heterocycles. The van der Waals surface area contributed by atoms with Gasteiger partial charge in [0.2, 0.25) is 5.91 Å². The second kappa shape index (κ2) is 6.65. The minimum absolute atomic E-state index is 0.0567. The number of nitrogens with two attached hydrogens (primary N) is 1. The molecule has 1 fully saturated rings. The van der Waals surface area contributed by atoms with Crippen molar-refractivity contribution in [1.82, 2.24) is 4.90 Å². The number of anilines is 1. The molecular weight excluding hydrogens is 276 g/mol. The molecule has 0 radical (unpaired) electrons. The van der Waals surface area contributed by atoms with E-state index in [1.165, 1.54) is 11.8 Å². The molecule has 0 spiro atoms. The summed E-state index contributed by atoms with van der Waals surface area (Å²) in [6.07, 6.45) is 1.09. The second-order valence-electron chi connectivity index (χ2n) is 4.85. The van der Waals surface area contributed by atoms with Gasteiger partial charge in [0.05, 0.1) is 11.7 Å². The van der Waals surface area contributed by atoms with Crippen molar-refractivity contribution >= 4 is 29.3 Å². The van der Waals surface area contributed by atoms with Gasteiger partial charge in [0.15, 0.2) is 0 Å². The molecule has 5 nitrogen and oxygen atoms in total. The third kappa shape index (κ3) is 3.90. The molecule has 0 aromatic heterocycles. The lowest BCUT2D eigenvalue weighted by Crippen LogP contribution is -2.41. The minimum atomic E-state index is -0.758. The zero-order chi connectivity index (χ0) is 14.5. The first kappa shape index (κ1) is 14.7. The van der Waals surface area contributed by atoms with Crippen LogP contribution >= 0.6 is 11.8 Å². The van der Waals surface area contributed by atoms with E-state index in [9.17, 15) is 9.59 Å². The lowest BCUT2D eigenvalue weighted by Gasteiger charge is -2.30. The molecule has 1 heterocycles. The number of hydrogen-bond acceptors (Lipinski definition) is 4. The van der Waals surface area contributed by atoms with E-state index in [1.807, 2.05) is 24.3 Å². The summed E-state index contributed by atoms with van der Waals surface area (Å²) in [5.74, 6) is -0.644. The molecule has 0 atom stereocenters. The standard InChI is InChI=1S/C14H18N2O3S/c15-11-2-1-3-12(8-11)20-9-13(17)16-6-4-10(5-7-16)14(18)19/h1-3,8,10H,4-7,9,15H2,(H,18,19). The summed E-state index contributed by atoms with van der Waals surface area (Å²) in [4.78, 5) is 25.6. The second-order valence-corrected chi connectivity index (χ2v) is 5.90. The van der Waals surface area contributed by atoms with Crippen molar-refractivity contribution in [2.45, 2.75) is 17.7 Å². The van der Waals surface area contributed by atoms with E-state index >= 15 is 0 Å². The number of amides is 1. The summed E-state index contributed by atoms with van der Waals surface area (Å²) in [5.41, 5.74) is 6.37. The number of likely N-dealkylation sites (tertiary alicyclic amines) is 1. The third-order valence-corrected chi connectivity index (χ3v) is 4.40. The van der Waals surface area contributed by atoms with Crippen LogP contribution in [0.1, 0.15) is 12.8 Å². The molecule has 1 aromatic carbocycles. The Morgan fingerprint density at radius 1 is 1.35 bits per heavy atom. The number of carbonyl (C=O) groups is 2. The Morgan fingerprint density at radius 2 is 2.05 bits per heavy atom. The van der Waals surface area contributed by atoms with E-state index in [-0.39, 0.29) is 11.8 Å². The number of benzene rings is 1. The van der Waals surface area contributed by atoms with Crippen molar-refractivity contribution in [2.75, 3.05) is 24.6 Å². The molecule has 0 bridgehead atoms. The van der Waals surface area contributed by atoms with Gasteiger partial charge in [-0.2, -0.15) is 0 Å². The van der Waals surface area contributed by atoms with Crippen LogP contribution in [0.5, 0.6) is 0 Å². The number of rotatable bonds is 4. The smallest absolute Gasteiger partial charge is 0.306 e. The molecule has 0 aliphatic carbocycles. The van der Waals surface area contributed by atoms with Crippen molar-refractivity contribution < 1.29 is 14.7 Å². The van der Waals surface area contributed by atoms with E-state index in [1.54, 1.807) is 4.90 Å². The van der Waals surface area contributed by atoms with Gasteiger partial charge in [0, 0.05) is 23.7 Å². The maximum atomic E-state index is 12.1. The topological polar surface area (TPSA) is 83.6 Å². The minimum Gasteiger partial charge on any atom is -0.481 e. The van der Waals surface area contributed by atoms with Gasteiger partial charge in [-0.25, -0.2) is 0 Å². The normalized spacial score (nSPS) is 16.1. The van der Waals surface area contributed by atoms with Crippen molar-refractivity contribution in [1.29, 1.82) is 0 Å². The molecule has 6 heteroatoms.